The second-order valence-electron chi connectivity index (χ2n) is 14.7. The van der Waals surface area contributed by atoms with E-state index in [-0.39, 0.29) is 53.7 Å². The van der Waals surface area contributed by atoms with Crippen molar-refractivity contribution in [2.45, 2.75) is 57.1 Å². The summed E-state index contributed by atoms with van der Waals surface area (Å²) in [5, 5.41) is 28.5. The highest BCUT2D eigenvalue weighted by Gasteiger charge is 2.65. The average molecular weight is 830 g/mol. The van der Waals surface area contributed by atoms with Crippen LogP contribution in [-0.4, -0.2) is 81.3 Å². The first-order valence-electron chi connectivity index (χ1n) is 18.0. The van der Waals surface area contributed by atoms with Gasteiger partial charge in [0.15, 0.2) is 5.82 Å². The van der Waals surface area contributed by atoms with Crippen LogP contribution in [0, 0.1) is 46.6 Å². The van der Waals surface area contributed by atoms with Crippen LogP contribution in [0.5, 0.6) is 0 Å². The zero-order valence-corrected chi connectivity index (χ0v) is 32.3. The fourth-order valence-corrected chi connectivity index (χ4v) is 7.75. The Bertz CT molecular complexity index is 2370. The van der Waals surface area contributed by atoms with Gasteiger partial charge in [0.25, 0.3) is 18.3 Å². The van der Waals surface area contributed by atoms with Gasteiger partial charge < -0.3 is 25.9 Å². The normalized spacial score (nSPS) is 19.7. The number of fused-ring (bicyclic) bond motifs is 2. The van der Waals surface area contributed by atoms with Crippen molar-refractivity contribution in [1.82, 2.24) is 20.1 Å². The minimum Gasteiger partial charge on any atom is -0.378 e. The molecule has 58 heavy (non-hydrogen) atoms. The van der Waals surface area contributed by atoms with E-state index in [4.69, 9.17) is 26.7 Å². The molecule has 2 fully saturated rings. The van der Waals surface area contributed by atoms with Gasteiger partial charge in [0.05, 0.1) is 39.1 Å². The molecule has 0 spiro atoms. The van der Waals surface area contributed by atoms with Gasteiger partial charge in [0.2, 0.25) is 5.91 Å². The molecule has 0 radical (unpaired) electrons. The Kier molecular flexibility index (Phi) is 12.0. The summed E-state index contributed by atoms with van der Waals surface area (Å²) in [7, 11) is 2.93. The number of aliphatic hydroxyl groups is 1. The van der Waals surface area contributed by atoms with Gasteiger partial charge in [-0.05, 0) is 80.8 Å². The van der Waals surface area contributed by atoms with E-state index in [1.165, 1.54) is 37.8 Å². The van der Waals surface area contributed by atoms with E-state index in [9.17, 15) is 32.3 Å². The summed E-state index contributed by atoms with van der Waals surface area (Å²) in [4.78, 5) is 34.9. The number of carbonyl (C=O) groups excluding carboxylic acids is 2. The van der Waals surface area contributed by atoms with Crippen molar-refractivity contribution < 1.29 is 45.8 Å². The van der Waals surface area contributed by atoms with E-state index in [2.05, 4.69) is 32.6 Å². The van der Waals surface area contributed by atoms with Crippen molar-refractivity contribution in [2.75, 3.05) is 25.6 Å². The van der Waals surface area contributed by atoms with E-state index in [0.717, 1.165) is 12.1 Å². The van der Waals surface area contributed by atoms with Gasteiger partial charge in [-0.25, -0.2) is 22.5 Å². The minimum atomic E-state index is -3.62. The molecule has 4 unspecified atom stereocenters. The van der Waals surface area contributed by atoms with Crippen molar-refractivity contribution in [2.24, 2.45) is 29.8 Å². The number of anilines is 1. The molecule has 4 atom stereocenters. The second kappa shape index (κ2) is 16.5. The highest BCUT2D eigenvalue weighted by atomic mass is 35.5. The predicted octanol–water partition coefficient (Wildman–Crippen LogP) is 6.69. The number of hydrogen-bond acceptors (Lipinski definition) is 8. The van der Waals surface area contributed by atoms with Gasteiger partial charge >= 0.3 is 0 Å². The molecule has 2 aromatic heterocycles. The van der Waals surface area contributed by atoms with Gasteiger partial charge in [0.1, 0.15) is 36.1 Å². The number of pyridine rings is 1. The van der Waals surface area contributed by atoms with Crippen LogP contribution in [0.25, 0.3) is 22.0 Å². The monoisotopic (exact) mass is 829 g/mol. The van der Waals surface area contributed by atoms with E-state index in [1.54, 1.807) is 19.2 Å². The first kappa shape index (κ1) is 42.3. The van der Waals surface area contributed by atoms with Gasteiger partial charge in [-0.3, -0.25) is 19.3 Å². The van der Waals surface area contributed by atoms with Crippen molar-refractivity contribution in [3.05, 3.63) is 76.1 Å². The summed E-state index contributed by atoms with van der Waals surface area (Å²) < 4.78 is 93.8. The summed E-state index contributed by atoms with van der Waals surface area (Å²) in [6.07, 6.45) is -3.37. The number of carbonyl (C=O) groups is 2. The third-order valence-corrected chi connectivity index (χ3v) is 10.3. The maximum absolute atomic E-state index is 15.5. The molecular weight excluding hydrogens is 792 g/mol. The quantitative estimate of drug-likeness (QED) is 0.0709. The average Bonchev–Trinajstić information content (AvgIpc) is 3.51. The Morgan fingerprint density at radius 3 is 2.43 bits per heavy atom. The molecule has 11 nitrogen and oxygen atoms in total. The lowest BCUT2D eigenvalue weighted by molar-refractivity contribution is -0.121. The number of alkyl halides is 4. The molecule has 0 saturated heterocycles. The largest absolute Gasteiger partial charge is 0.378 e. The summed E-state index contributed by atoms with van der Waals surface area (Å²) in [5.41, 5.74) is -2.28. The number of aromatic nitrogens is 3. The van der Waals surface area contributed by atoms with Crippen molar-refractivity contribution in [1.29, 1.82) is 5.41 Å². The molecule has 2 aromatic carbocycles. The van der Waals surface area contributed by atoms with Crippen LogP contribution in [0.15, 0.2) is 47.5 Å². The first-order chi connectivity index (χ1) is 27.3. The van der Waals surface area contributed by atoms with Gasteiger partial charge in [-0.15, -0.1) is 0 Å². The Labute approximate surface area is 333 Å². The first-order valence-corrected chi connectivity index (χ1v) is 18.4. The van der Waals surface area contributed by atoms with Crippen molar-refractivity contribution in [3.8, 4) is 23.0 Å². The number of methoxy groups -OCH3 is 1. The van der Waals surface area contributed by atoms with E-state index >= 15 is 8.78 Å². The Balaban J connectivity index is 1.49. The van der Waals surface area contributed by atoms with E-state index in [0.29, 0.717) is 28.1 Å². The summed E-state index contributed by atoms with van der Waals surface area (Å²) in [6, 6.07) is 7.71. The lowest BCUT2D eigenvalue weighted by atomic mass is 9.71. The third-order valence-electron chi connectivity index (χ3n) is 10.0. The number of halogens is 7. The number of nitrogens with zero attached hydrogens (tertiary/aromatic N) is 4. The SMILES string of the molecule is COCC(=O)Nc1nn(C)c2c(-c3ccc(C#CC(C)(C)O)nc3C(Cc3cc(F)cc(F)c3)NC(=O)CN=C3C(C(=N)C(F)F)C4CCC4C3(F)F)ccc(Cl)c12. The number of rotatable bonds is 12. The zero-order valence-electron chi connectivity index (χ0n) is 31.6. The lowest BCUT2D eigenvalue weighted by Gasteiger charge is -2.34. The summed E-state index contributed by atoms with van der Waals surface area (Å²) in [6.45, 7) is 1.65. The molecule has 6 rings (SSSR count). The Hall–Kier alpha value is -5.31. The smallest absolute Gasteiger partial charge is 0.289 e. The predicted molar refractivity (Wildman–Crippen MR) is 204 cm³/mol. The maximum Gasteiger partial charge on any atom is 0.289 e. The number of aryl methyl sites for hydroxylation is 1. The van der Waals surface area contributed by atoms with Gasteiger partial charge in [-0.2, -0.15) is 13.9 Å². The Morgan fingerprint density at radius 1 is 1.12 bits per heavy atom. The number of aliphatic imine (C=N–C) groups is 1. The fraction of sp³-hybridized carbons (Fsp3) is 0.400. The molecule has 2 aliphatic rings. The van der Waals surface area contributed by atoms with E-state index in [1.807, 2.05) is 0 Å². The molecule has 2 amide bonds. The highest BCUT2D eigenvalue weighted by molar-refractivity contribution is 6.37. The highest BCUT2D eigenvalue weighted by Crippen LogP contribution is 2.57. The summed E-state index contributed by atoms with van der Waals surface area (Å²) in [5.74, 6) is -5.27. The van der Waals surface area contributed by atoms with Crippen LogP contribution in [0.2, 0.25) is 5.02 Å². The molecular formula is C40H38ClF6N7O4. The molecule has 2 aliphatic carbocycles. The van der Waals surface area contributed by atoms with Crippen LogP contribution in [0.3, 0.4) is 0 Å². The number of amides is 2. The lowest BCUT2D eigenvalue weighted by Crippen LogP contribution is -2.37. The molecule has 4 aromatic rings. The van der Waals surface area contributed by atoms with Crippen LogP contribution >= 0.6 is 11.6 Å². The molecule has 4 N–H and O–H groups in total. The third kappa shape index (κ3) is 8.74. The zero-order chi connectivity index (χ0) is 42.3. The second-order valence-corrected chi connectivity index (χ2v) is 15.1. The summed E-state index contributed by atoms with van der Waals surface area (Å²) >= 11 is 6.65. The van der Waals surface area contributed by atoms with Crippen LogP contribution < -0.4 is 10.6 Å². The van der Waals surface area contributed by atoms with E-state index < -0.39 is 83.2 Å². The molecule has 0 aliphatic heterocycles. The fourth-order valence-electron chi connectivity index (χ4n) is 7.51. The standard InChI is InChI=1S/C40H38ClF6N7O4/c1-39(2,57)12-11-22-5-6-23(24-8-10-27(41)32-35(24)54(3)53-38(32)52-30(56)18-58-4)34(50-22)28(15-19-13-20(42)16-21(43)14-19)51-29(55)17-49-36-31(33(48)37(44)45)25-7-9-26(25)40(36,46)47/h5-6,8,10,13-14,16,25-26,28,31,37,48,57H,7,9,15,17-18H2,1-4H3,(H,51,55)(H,52,53,56). The van der Waals surface area contributed by atoms with Crippen molar-refractivity contribution >= 4 is 51.6 Å². The molecule has 2 heterocycles. The maximum atomic E-state index is 15.5. The number of ether oxygens (including phenoxy) is 1. The molecule has 2 saturated carbocycles. The molecule has 306 valence electrons. The molecule has 18 heteroatoms. The van der Waals surface area contributed by atoms with Gasteiger partial charge in [-0.1, -0.05) is 23.6 Å². The topological polar surface area (TPSA) is 155 Å². The number of hydrogen-bond donors (Lipinski definition) is 4. The van der Waals surface area contributed by atoms with Crippen LogP contribution in [-0.2, 0) is 27.8 Å². The Morgan fingerprint density at radius 2 is 1.81 bits per heavy atom. The minimum absolute atomic E-state index is 0.0545. The number of benzene rings is 2. The van der Waals surface area contributed by atoms with Gasteiger partial charge in [0, 0.05) is 43.2 Å². The number of nitrogens with one attached hydrogen (secondary N) is 3. The van der Waals surface area contributed by atoms with Crippen LogP contribution in [0.1, 0.15) is 49.7 Å². The van der Waals surface area contributed by atoms with Crippen molar-refractivity contribution in [3.63, 3.8) is 0 Å². The van der Waals surface area contributed by atoms with Crippen LogP contribution in [0.4, 0.5) is 32.2 Å². The molecule has 0 bridgehead atoms.